The second-order valence-electron chi connectivity index (χ2n) is 5.36. The van der Waals surface area contributed by atoms with Gasteiger partial charge in [0.1, 0.15) is 8.07 Å². The van der Waals surface area contributed by atoms with Crippen molar-refractivity contribution in [1.29, 1.82) is 0 Å². The van der Waals surface area contributed by atoms with Crippen LogP contribution in [0.2, 0.25) is 19.1 Å². The number of aromatic nitrogens is 1. The fourth-order valence-corrected chi connectivity index (χ4v) is 4.46. The Balaban J connectivity index is 2.55. The molecule has 1 heterocycles. The van der Waals surface area contributed by atoms with Crippen molar-refractivity contribution < 1.29 is 0 Å². The van der Waals surface area contributed by atoms with Crippen molar-refractivity contribution in [2.75, 3.05) is 0 Å². The molecule has 0 saturated heterocycles. The summed E-state index contributed by atoms with van der Waals surface area (Å²) in [5.41, 5.74) is 1.16. The molecule has 1 aromatic rings. The lowest BCUT2D eigenvalue weighted by Crippen LogP contribution is -2.43. The second-order valence-corrected chi connectivity index (χ2v) is 10.1. The fraction of sp³-hybridized carbons (Fsp3) is 0.643. The largest absolute Gasteiger partial charge is 0.263 e. The van der Waals surface area contributed by atoms with Crippen LogP contribution < -0.4 is 5.32 Å². The van der Waals surface area contributed by atoms with Crippen molar-refractivity contribution in [3.8, 4) is 0 Å². The topological polar surface area (TPSA) is 12.9 Å². The number of aryl methyl sites for hydroxylation is 1. The van der Waals surface area contributed by atoms with Crippen LogP contribution in [0.5, 0.6) is 0 Å². The first-order valence-corrected chi connectivity index (χ1v) is 9.71. The van der Waals surface area contributed by atoms with Gasteiger partial charge in [-0.1, -0.05) is 57.8 Å². The minimum absolute atomic E-state index is 1.16. The number of nitrogens with zero attached hydrogens (tertiary/aromatic N) is 1. The summed E-state index contributed by atoms with van der Waals surface area (Å²) in [5.74, 6) is 0. The van der Waals surface area contributed by atoms with Crippen molar-refractivity contribution in [2.45, 2.75) is 58.7 Å². The molecule has 0 amide bonds. The summed E-state index contributed by atoms with van der Waals surface area (Å²) < 4.78 is 0. The standard InChI is InChI=1S/C14H25NSi/c1-5-6-7-8-12-16(3,4)14-11-9-10-13(2)15-14/h9-11H,5-8,12H2,1-4H3. The van der Waals surface area contributed by atoms with E-state index in [0.29, 0.717) is 0 Å². The molecule has 0 bridgehead atoms. The third kappa shape index (κ3) is 4.09. The molecule has 2 heteroatoms. The van der Waals surface area contributed by atoms with Gasteiger partial charge in [-0.3, -0.25) is 4.98 Å². The highest BCUT2D eigenvalue weighted by Crippen LogP contribution is 2.15. The lowest BCUT2D eigenvalue weighted by Gasteiger charge is -2.21. The smallest absolute Gasteiger partial charge is 0.104 e. The van der Waals surface area contributed by atoms with E-state index in [2.05, 4.69) is 45.1 Å². The monoisotopic (exact) mass is 235 g/mol. The van der Waals surface area contributed by atoms with Gasteiger partial charge < -0.3 is 0 Å². The minimum Gasteiger partial charge on any atom is -0.263 e. The highest BCUT2D eigenvalue weighted by Gasteiger charge is 2.24. The van der Waals surface area contributed by atoms with Crippen LogP contribution in [-0.2, 0) is 0 Å². The molecule has 0 radical (unpaired) electrons. The zero-order chi connectivity index (χ0) is 12.0. The average molecular weight is 235 g/mol. The Morgan fingerprint density at radius 3 is 2.50 bits per heavy atom. The molecule has 0 aliphatic heterocycles. The molecular formula is C14H25NSi. The van der Waals surface area contributed by atoms with E-state index >= 15 is 0 Å². The van der Waals surface area contributed by atoms with Gasteiger partial charge in [0.2, 0.25) is 0 Å². The molecule has 0 aromatic carbocycles. The molecule has 16 heavy (non-hydrogen) atoms. The molecule has 0 atom stereocenters. The summed E-state index contributed by atoms with van der Waals surface area (Å²) in [4.78, 5) is 4.71. The molecule has 90 valence electrons. The molecule has 0 aliphatic rings. The van der Waals surface area contributed by atoms with Gasteiger partial charge in [0.15, 0.2) is 0 Å². The Bertz CT molecular complexity index is 320. The lowest BCUT2D eigenvalue weighted by atomic mass is 10.2. The van der Waals surface area contributed by atoms with Crippen LogP contribution in [0.25, 0.3) is 0 Å². The van der Waals surface area contributed by atoms with Gasteiger partial charge in [-0.25, -0.2) is 0 Å². The van der Waals surface area contributed by atoms with Crippen LogP contribution in [0.4, 0.5) is 0 Å². The summed E-state index contributed by atoms with van der Waals surface area (Å²) in [6, 6.07) is 7.84. The van der Waals surface area contributed by atoms with Crippen LogP contribution in [0.3, 0.4) is 0 Å². The first-order chi connectivity index (χ1) is 7.56. The third-order valence-electron chi connectivity index (χ3n) is 3.24. The molecule has 0 fully saturated rings. The van der Waals surface area contributed by atoms with Crippen molar-refractivity contribution in [3.63, 3.8) is 0 Å². The lowest BCUT2D eigenvalue weighted by molar-refractivity contribution is 0.697. The molecule has 1 nitrogen and oxygen atoms in total. The highest BCUT2D eigenvalue weighted by molar-refractivity contribution is 6.89. The number of pyridine rings is 1. The Labute approximate surface area is 101 Å². The molecule has 0 aliphatic carbocycles. The molecule has 0 saturated carbocycles. The van der Waals surface area contributed by atoms with E-state index in [1.807, 2.05) is 0 Å². The zero-order valence-electron chi connectivity index (χ0n) is 11.2. The summed E-state index contributed by atoms with van der Waals surface area (Å²) >= 11 is 0. The van der Waals surface area contributed by atoms with Gasteiger partial charge in [0, 0.05) is 11.0 Å². The Kier molecular flexibility index (Phi) is 5.20. The SMILES string of the molecule is CCCCCC[Si](C)(C)c1cccc(C)n1. The number of hydrogen-bond donors (Lipinski definition) is 0. The molecule has 1 rings (SSSR count). The van der Waals surface area contributed by atoms with E-state index in [0.717, 1.165) is 5.69 Å². The molecule has 0 spiro atoms. The van der Waals surface area contributed by atoms with Gasteiger partial charge in [0.05, 0.1) is 0 Å². The first-order valence-electron chi connectivity index (χ1n) is 6.50. The van der Waals surface area contributed by atoms with Gasteiger partial charge in [-0.15, -0.1) is 0 Å². The van der Waals surface area contributed by atoms with Crippen LogP contribution in [-0.4, -0.2) is 13.1 Å². The number of unbranched alkanes of at least 4 members (excludes halogenated alkanes) is 3. The quantitative estimate of drug-likeness (QED) is 0.538. The van der Waals surface area contributed by atoms with Gasteiger partial charge in [0.25, 0.3) is 0 Å². The third-order valence-corrected chi connectivity index (χ3v) is 6.51. The van der Waals surface area contributed by atoms with Gasteiger partial charge in [-0.05, 0) is 19.1 Å². The van der Waals surface area contributed by atoms with Crippen LogP contribution in [0, 0.1) is 6.92 Å². The predicted molar refractivity (Wildman–Crippen MR) is 75.0 cm³/mol. The summed E-state index contributed by atoms with van der Waals surface area (Å²) in [7, 11) is -1.27. The Morgan fingerprint density at radius 1 is 1.12 bits per heavy atom. The fourth-order valence-electron chi connectivity index (χ4n) is 2.04. The Hall–Kier alpha value is -0.633. The molecule has 1 aromatic heterocycles. The van der Waals surface area contributed by atoms with E-state index in [4.69, 9.17) is 4.98 Å². The zero-order valence-corrected chi connectivity index (χ0v) is 12.2. The van der Waals surface area contributed by atoms with Crippen molar-refractivity contribution >= 4 is 13.4 Å². The van der Waals surface area contributed by atoms with Crippen LogP contribution >= 0.6 is 0 Å². The minimum atomic E-state index is -1.27. The molecular weight excluding hydrogens is 210 g/mol. The second kappa shape index (κ2) is 6.19. The van der Waals surface area contributed by atoms with Crippen molar-refractivity contribution in [3.05, 3.63) is 23.9 Å². The molecule has 0 unspecified atom stereocenters. The maximum Gasteiger partial charge on any atom is 0.104 e. The average Bonchev–Trinajstić information content (AvgIpc) is 2.24. The van der Waals surface area contributed by atoms with E-state index in [1.54, 1.807) is 0 Å². The maximum atomic E-state index is 4.71. The first kappa shape index (κ1) is 13.4. The number of rotatable bonds is 6. The van der Waals surface area contributed by atoms with Crippen LogP contribution in [0.15, 0.2) is 18.2 Å². The van der Waals surface area contributed by atoms with Crippen LogP contribution in [0.1, 0.15) is 38.3 Å². The predicted octanol–water partition coefficient (Wildman–Crippen LogP) is 3.89. The van der Waals surface area contributed by atoms with E-state index in [-0.39, 0.29) is 0 Å². The molecule has 0 N–H and O–H groups in total. The van der Waals surface area contributed by atoms with E-state index in [1.165, 1.54) is 37.0 Å². The van der Waals surface area contributed by atoms with Crippen molar-refractivity contribution in [1.82, 2.24) is 4.98 Å². The highest BCUT2D eigenvalue weighted by atomic mass is 28.3. The summed E-state index contributed by atoms with van der Waals surface area (Å²) in [6.45, 7) is 9.25. The van der Waals surface area contributed by atoms with E-state index in [9.17, 15) is 0 Å². The van der Waals surface area contributed by atoms with Crippen molar-refractivity contribution in [2.24, 2.45) is 0 Å². The van der Waals surface area contributed by atoms with E-state index < -0.39 is 8.07 Å². The summed E-state index contributed by atoms with van der Waals surface area (Å²) in [5, 5.41) is 1.38. The van der Waals surface area contributed by atoms with Gasteiger partial charge >= 0.3 is 0 Å². The normalized spacial score (nSPS) is 11.8. The Morgan fingerprint density at radius 2 is 1.88 bits per heavy atom. The summed E-state index contributed by atoms with van der Waals surface area (Å²) in [6.07, 6.45) is 5.47. The van der Waals surface area contributed by atoms with Gasteiger partial charge in [-0.2, -0.15) is 0 Å². The maximum absolute atomic E-state index is 4.71. The number of hydrogen-bond acceptors (Lipinski definition) is 1.